The average Bonchev–Trinajstić information content (AvgIpc) is 2.76. The van der Waals surface area contributed by atoms with Crippen molar-refractivity contribution in [3.63, 3.8) is 0 Å². The van der Waals surface area contributed by atoms with E-state index in [0.717, 1.165) is 5.56 Å². The average molecular weight is 407 g/mol. The third kappa shape index (κ3) is 6.41. The van der Waals surface area contributed by atoms with Gasteiger partial charge in [0, 0.05) is 11.1 Å². The van der Waals surface area contributed by atoms with Crippen LogP contribution < -0.4 is 0 Å². The lowest BCUT2D eigenvalue weighted by molar-refractivity contribution is -0.137. The largest absolute Gasteiger partial charge is 0.365 e. The van der Waals surface area contributed by atoms with Gasteiger partial charge in [-0.1, -0.05) is 58.3 Å². The smallest absolute Gasteiger partial charge is 0.313 e. The summed E-state index contributed by atoms with van der Waals surface area (Å²) >= 11 is 5.84. The highest BCUT2D eigenvalue weighted by Crippen LogP contribution is 2.12. The van der Waals surface area contributed by atoms with Crippen LogP contribution in [0.3, 0.4) is 0 Å². The fourth-order valence-electron chi connectivity index (χ4n) is 2.19. The van der Waals surface area contributed by atoms with Crippen molar-refractivity contribution in [2.24, 2.45) is 10.3 Å². The number of rotatable bonds is 5. The SMILES string of the molecule is O=C(/C=C/c1ccccc1)ON=C1C=CC(=NOC(=O)c2cccc(Cl)c2)C=C1. The minimum absolute atomic E-state index is 0.295. The molecular formula is C22H15ClN2O4. The lowest BCUT2D eigenvalue weighted by atomic mass is 10.1. The first-order valence-electron chi connectivity index (χ1n) is 8.53. The van der Waals surface area contributed by atoms with Crippen molar-refractivity contribution in [3.8, 4) is 0 Å². The van der Waals surface area contributed by atoms with Gasteiger partial charge in [-0.3, -0.25) is 0 Å². The number of nitrogens with zero attached hydrogens (tertiary/aromatic N) is 2. The molecule has 3 rings (SSSR count). The number of hydrogen-bond donors (Lipinski definition) is 0. The molecule has 0 aliphatic heterocycles. The second-order valence-corrected chi connectivity index (χ2v) is 6.18. The molecule has 144 valence electrons. The molecule has 0 bridgehead atoms. The monoisotopic (exact) mass is 406 g/mol. The zero-order valence-electron chi connectivity index (χ0n) is 15.1. The van der Waals surface area contributed by atoms with Crippen LogP contribution in [0.25, 0.3) is 6.08 Å². The van der Waals surface area contributed by atoms with Crippen LogP contribution >= 0.6 is 11.6 Å². The van der Waals surface area contributed by atoms with Crippen LogP contribution in [0.5, 0.6) is 0 Å². The predicted octanol–water partition coefficient (Wildman–Crippen LogP) is 4.59. The van der Waals surface area contributed by atoms with Gasteiger partial charge in [0.15, 0.2) is 0 Å². The van der Waals surface area contributed by atoms with E-state index >= 15 is 0 Å². The van der Waals surface area contributed by atoms with E-state index < -0.39 is 11.9 Å². The lowest BCUT2D eigenvalue weighted by Crippen LogP contribution is -2.06. The molecule has 7 heteroatoms. The number of carbonyl (C=O) groups is 2. The third-order valence-corrected chi connectivity index (χ3v) is 3.83. The van der Waals surface area contributed by atoms with E-state index in [1.165, 1.54) is 12.1 Å². The topological polar surface area (TPSA) is 77.3 Å². The molecule has 0 N–H and O–H groups in total. The molecule has 1 aliphatic carbocycles. The van der Waals surface area contributed by atoms with E-state index in [4.69, 9.17) is 21.3 Å². The van der Waals surface area contributed by atoms with Crippen molar-refractivity contribution in [2.45, 2.75) is 0 Å². The van der Waals surface area contributed by atoms with Gasteiger partial charge in [-0.25, -0.2) is 9.59 Å². The molecule has 0 spiro atoms. The first-order chi connectivity index (χ1) is 14.1. The Balaban J connectivity index is 1.51. The Kier molecular flexibility index (Phi) is 6.86. The van der Waals surface area contributed by atoms with Crippen LogP contribution in [0.1, 0.15) is 15.9 Å². The number of halogens is 1. The fraction of sp³-hybridized carbons (Fsp3) is 0. The van der Waals surface area contributed by atoms with Crippen molar-refractivity contribution < 1.29 is 19.3 Å². The molecule has 2 aromatic rings. The molecule has 2 aromatic carbocycles. The Morgan fingerprint density at radius 2 is 1.48 bits per heavy atom. The summed E-state index contributed by atoms with van der Waals surface area (Å²) in [4.78, 5) is 33.3. The summed E-state index contributed by atoms with van der Waals surface area (Å²) in [6.07, 6.45) is 9.20. The van der Waals surface area contributed by atoms with Crippen molar-refractivity contribution in [1.82, 2.24) is 0 Å². The number of oxime groups is 2. The summed E-state index contributed by atoms with van der Waals surface area (Å²) in [5, 5.41) is 7.93. The van der Waals surface area contributed by atoms with Gasteiger partial charge in [0.2, 0.25) is 0 Å². The summed E-state index contributed by atoms with van der Waals surface area (Å²) in [5.74, 6) is -1.22. The molecule has 0 heterocycles. The normalized spacial score (nSPS) is 12.7. The second kappa shape index (κ2) is 9.96. The quantitative estimate of drug-likeness (QED) is 0.315. The maximum atomic E-state index is 11.9. The fourth-order valence-corrected chi connectivity index (χ4v) is 2.38. The van der Waals surface area contributed by atoms with Crippen molar-refractivity contribution in [3.05, 3.63) is 101 Å². The predicted molar refractivity (Wildman–Crippen MR) is 112 cm³/mol. The van der Waals surface area contributed by atoms with Gasteiger partial charge in [0.1, 0.15) is 11.4 Å². The first kappa shape index (κ1) is 20.0. The van der Waals surface area contributed by atoms with E-state index in [0.29, 0.717) is 22.0 Å². The van der Waals surface area contributed by atoms with E-state index in [9.17, 15) is 9.59 Å². The number of hydrogen-bond acceptors (Lipinski definition) is 6. The molecule has 0 unspecified atom stereocenters. The summed E-state index contributed by atoms with van der Waals surface area (Å²) in [5.41, 5.74) is 1.98. The highest BCUT2D eigenvalue weighted by atomic mass is 35.5. The van der Waals surface area contributed by atoms with Crippen molar-refractivity contribution in [2.75, 3.05) is 0 Å². The molecule has 0 saturated carbocycles. The standard InChI is InChI=1S/C22H15ClN2O4/c23-18-8-4-7-17(15-18)22(27)29-25-20-12-10-19(11-13-20)24-28-21(26)14-9-16-5-2-1-3-6-16/h1-15H/b14-9+,24-19?,25-20?. The minimum atomic E-state index is -0.625. The number of carbonyl (C=O) groups excluding carboxylic acids is 2. The number of benzene rings is 2. The highest BCUT2D eigenvalue weighted by molar-refractivity contribution is 6.30. The van der Waals surface area contributed by atoms with E-state index in [2.05, 4.69) is 10.3 Å². The molecular weight excluding hydrogens is 392 g/mol. The molecule has 0 atom stereocenters. The van der Waals surface area contributed by atoms with Crippen LogP contribution in [-0.4, -0.2) is 23.4 Å². The first-order valence-corrected chi connectivity index (χ1v) is 8.91. The van der Waals surface area contributed by atoms with Gasteiger partial charge >= 0.3 is 11.9 Å². The Bertz CT molecular complexity index is 1040. The van der Waals surface area contributed by atoms with Crippen molar-refractivity contribution in [1.29, 1.82) is 0 Å². The molecule has 0 aromatic heterocycles. The lowest BCUT2D eigenvalue weighted by Gasteiger charge is -2.02. The summed E-state index contributed by atoms with van der Waals surface area (Å²) in [7, 11) is 0. The van der Waals surface area contributed by atoms with Crippen LogP contribution in [-0.2, 0) is 14.5 Å². The van der Waals surface area contributed by atoms with Gasteiger partial charge in [-0.15, -0.1) is 0 Å². The van der Waals surface area contributed by atoms with Gasteiger partial charge in [0.25, 0.3) is 0 Å². The van der Waals surface area contributed by atoms with Gasteiger partial charge in [0.05, 0.1) is 5.56 Å². The van der Waals surface area contributed by atoms with Crippen molar-refractivity contribution >= 4 is 41.0 Å². The van der Waals surface area contributed by atoms with Gasteiger partial charge in [-0.05, 0) is 54.1 Å². The minimum Gasteiger partial charge on any atom is -0.313 e. The molecule has 0 fully saturated rings. The third-order valence-electron chi connectivity index (χ3n) is 3.60. The van der Waals surface area contributed by atoms with Gasteiger partial charge in [-0.2, -0.15) is 0 Å². The van der Waals surface area contributed by atoms with E-state index in [1.54, 1.807) is 48.6 Å². The Hall–Kier alpha value is -3.77. The van der Waals surface area contributed by atoms with E-state index in [-0.39, 0.29) is 0 Å². The number of allylic oxidation sites excluding steroid dienone is 4. The summed E-state index contributed by atoms with van der Waals surface area (Å²) in [6, 6.07) is 15.7. The molecule has 6 nitrogen and oxygen atoms in total. The maximum absolute atomic E-state index is 11.9. The Morgan fingerprint density at radius 3 is 2.14 bits per heavy atom. The van der Waals surface area contributed by atoms with Crippen LogP contribution in [0.2, 0.25) is 5.02 Å². The Labute approximate surface area is 172 Å². The zero-order valence-corrected chi connectivity index (χ0v) is 15.8. The Morgan fingerprint density at radius 1 is 0.828 bits per heavy atom. The van der Waals surface area contributed by atoms with Gasteiger partial charge < -0.3 is 9.68 Å². The summed E-state index contributed by atoms with van der Waals surface area (Å²) < 4.78 is 0. The molecule has 0 radical (unpaired) electrons. The van der Waals surface area contributed by atoms with Crippen LogP contribution in [0.4, 0.5) is 0 Å². The zero-order chi connectivity index (χ0) is 20.5. The molecule has 0 amide bonds. The van der Waals surface area contributed by atoms with Crippen LogP contribution in [0.15, 0.2) is 95.3 Å². The summed E-state index contributed by atoms with van der Waals surface area (Å²) in [6.45, 7) is 0. The molecule has 1 aliphatic rings. The van der Waals surface area contributed by atoms with Crippen LogP contribution in [0, 0.1) is 0 Å². The maximum Gasteiger partial charge on any atom is 0.365 e. The molecule has 29 heavy (non-hydrogen) atoms. The molecule has 0 saturated heterocycles. The van der Waals surface area contributed by atoms with E-state index in [1.807, 2.05) is 30.3 Å². The second-order valence-electron chi connectivity index (χ2n) is 5.74. The highest BCUT2D eigenvalue weighted by Gasteiger charge is 2.08.